The minimum absolute atomic E-state index is 0. The van der Waals surface area contributed by atoms with Gasteiger partial charge in [-0.1, -0.05) is 71.2 Å². The number of para-hydroxylation sites is 1. The van der Waals surface area contributed by atoms with Crippen molar-refractivity contribution in [2.75, 3.05) is 0 Å². The zero-order chi connectivity index (χ0) is 30.4. The Balaban J connectivity index is 0.000000274. The molecule has 0 amide bonds. The van der Waals surface area contributed by atoms with E-state index in [-0.39, 0.29) is 43.5 Å². The molecule has 0 bridgehead atoms. The summed E-state index contributed by atoms with van der Waals surface area (Å²) in [5.74, 6) is 1.73. The Kier molecular flexibility index (Phi) is 12.2. The number of aromatic nitrogens is 2. The molecule has 0 aliphatic carbocycles. The van der Waals surface area contributed by atoms with Gasteiger partial charge in [0.1, 0.15) is 11.3 Å². The molecule has 0 fully saturated rings. The zero-order valence-corrected chi connectivity index (χ0v) is 28.7. The molecule has 0 saturated heterocycles. The van der Waals surface area contributed by atoms with Gasteiger partial charge < -0.3 is 9.52 Å². The van der Waals surface area contributed by atoms with E-state index in [0.29, 0.717) is 5.92 Å². The molecule has 3 heterocycles. The van der Waals surface area contributed by atoms with Crippen molar-refractivity contribution in [3.05, 3.63) is 84.0 Å². The number of ketones is 1. The van der Waals surface area contributed by atoms with Gasteiger partial charge >= 0.3 is 0 Å². The molecule has 6 heteroatoms. The smallest absolute Gasteiger partial charge is 0.162 e. The Morgan fingerprint density at radius 3 is 2.12 bits per heavy atom. The van der Waals surface area contributed by atoms with E-state index in [2.05, 4.69) is 44.2 Å². The first kappa shape index (κ1) is 34.2. The summed E-state index contributed by atoms with van der Waals surface area (Å²) in [6.45, 7) is 14.4. The van der Waals surface area contributed by atoms with Crippen LogP contribution in [0.4, 0.5) is 0 Å². The first-order chi connectivity index (χ1) is 20.2. The molecule has 1 radical (unpaired) electrons. The van der Waals surface area contributed by atoms with Crippen LogP contribution in [0.2, 0.25) is 0 Å². The van der Waals surface area contributed by atoms with Gasteiger partial charge in [-0.3, -0.25) is 14.8 Å². The van der Waals surface area contributed by atoms with Crippen LogP contribution in [0.25, 0.3) is 44.0 Å². The second-order valence-corrected chi connectivity index (χ2v) is 11.2. The maximum absolute atomic E-state index is 11.7. The van der Waals surface area contributed by atoms with Gasteiger partial charge in [-0.2, -0.15) is 0 Å². The van der Waals surface area contributed by atoms with Gasteiger partial charge in [0.05, 0.1) is 11.3 Å². The van der Waals surface area contributed by atoms with Crippen LogP contribution in [0.5, 0.6) is 0 Å². The Labute approximate surface area is 269 Å². The van der Waals surface area contributed by atoms with Gasteiger partial charge in [-0.25, -0.2) is 0 Å². The maximum atomic E-state index is 11.7. The monoisotopic (exact) mass is 756 g/mol. The molecule has 0 atom stereocenters. The van der Waals surface area contributed by atoms with Crippen molar-refractivity contribution in [1.29, 1.82) is 0 Å². The van der Waals surface area contributed by atoms with Gasteiger partial charge in [-0.15, -0.1) is 23.6 Å². The normalized spacial score (nSPS) is 11.8. The standard InChI is InChI=1S/C24H19N2O.C13H24O2.Ir/c1-14(2)22-17-9-5-4-8-16(17)13-21(26-22)23-19-12-15(3)27-24(19)18-10-6-7-11-20(18)25-23;1-5-10(6-2)12(14)9-13(15)11(7-3)8-4;/h4-12,14H,1-3H3;9-11,14H,5-8H2,1-4H3;/q-1;;/b;12-9-;. The zero-order valence-electron chi connectivity index (χ0n) is 26.3. The van der Waals surface area contributed by atoms with E-state index >= 15 is 0 Å². The van der Waals surface area contributed by atoms with E-state index in [1.165, 1.54) is 6.08 Å². The largest absolute Gasteiger partial charge is 0.512 e. The molecule has 0 spiro atoms. The molecule has 0 unspecified atom stereocenters. The van der Waals surface area contributed by atoms with Crippen LogP contribution in [0.3, 0.4) is 0 Å². The summed E-state index contributed by atoms with van der Waals surface area (Å²) in [7, 11) is 0. The summed E-state index contributed by atoms with van der Waals surface area (Å²) in [6.07, 6.45) is 4.91. The van der Waals surface area contributed by atoms with Crippen molar-refractivity contribution in [3.63, 3.8) is 0 Å². The number of furan rings is 1. The Hall–Kier alpha value is -3.34. The number of benzene rings is 2. The predicted octanol–water partition coefficient (Wildman–Crippen LogP) is 10.3. The quantitative estimate of drug-likeness (QED) is 0.0921. The van der Waals surface area contributed by atoms with Crippen LogP contribution in [0, 0.1) is 24.8 Å². The summed E-state index contributed by atoms with van der Waals surface area (Å²) in [5.41, 5.74) is 4.44. The number of rotatable bonds is 9. The van der Waals surface area contributed by atoms with Crippen LogP contribution in [-0.4, -0.2) is 20.9 Å². The SMILES string of the molecule is CCC(CC)C(=O)/C=C(\O)C(CC)CC.Cc1cc2c(-c3[c-]c4ccccc4c(C(C)C)n3)nc3ccccc3c2o1.[Ir]. The molecule has 0 aliphatic heterocycles. The van der Waals surface area contributed by atoms with Crippen molar-refractivity contribution in [3.8, 4) is 11.4 Å². The second-order valence-electron chi connectivity index (χ2n) is 11.2. The fourth-order valence-electron chi connectivity index (χ4n) is 5.50. The fourth-order valence-corrected chi connectivity index (χ4v) is 5.50. The number of aliphatic hydroxyl groups excluding tert-OH is 1. The van der Waals surface area contributed by atoms with E-state index in [0.717, 1.165) is 81.2 Å². The van der Waals surface area contributed by atoms with E-state index in [4.69, 9.17) is 14.4 Å². The third-order valence-corrected chi connectivity index (χ3v) is 8.03. The van der Waals surface area contributed by atoms with Crippen LogP contribution >= 0.6 is 0 Å². The summed E-state index contributed by atoms with van der Waals surface area (Å²) < 4.78 is 6.03. The van der Waals surface area contributed by atoms with Crippen molar-refractivity contribution in [1.82, 2.24) is 9.97 Å². The average molecular weight is 756 g/mol. The van der Waals surface area contributed by atoms with Crippen LogP contribution in [-0.2, 0) is 24.9 Å². The Morgan fingerprint density at radius 1 is 0.884 bits per heavy atom. The van der Waals surface area contributed by atoms with Crippen LogP contribution in [0.15, 0.2) is 70.8 Å². The Morgan fingerprint density at radius 2 is 1.49 bits per heavy atom. The maximum Gasteiger partial charge on any atom is 0.162 e. The molecule has 5 aromatic rings. The van der Waals surface area contributed by atoms with Crippen molar-refractivity contribution in [2.24, 2.45) is 11.8 Å². The number of aryl methyl sites for hydroxylation is 1. The van der Waals surface area contributed by atoms with Gasteiger partial charge in [-0.05, 0) is 56.7 Å². The number of carbonyl (C=O) groups excluding carboxylic acids is 1. The molecule has 2 aromatic carbocycles. The number of fused-ring (bicyclic) bond motifs is 4. The minimum atomic E-state index is 0. The molecule has 5 rings (SSSR count). The van der Waals surface area contributed by atoms with Gasteiger partial charge in [0.25, 0.3) is 0 Å². The first-order valence-electron chi connectivity index (χ1n) is 15.3. The van der Waals surface area contributed by atoms with Crippen LogP contribution in [0.1, 0.15) is 84.6 Å². The first-order valence-corrected chi connectivity index (χ1v) is 15.3. The summed E-state index contributed by atoms with van der Waals surface area (Å²) >= 11 is 0. The molecule has 3 aromatic heterocycles. The number of nitrogens with zero attached hydrogens (tertiary/aromatic N) is 2. The third kappa shape index (κ3) is 7.60. The van der Waals surface area contributed by atoms with Crippen molar-refractivity contribution in [2.45, 2.75) is 80.1 Å². The van der Waals surface area contributed by atoms with Gasteiger partial charge in [0, 0.05) is 65.9 Å². The van der Waals surface area contributed by atoms with E-state index in [1.54, 1.807) is 0 Å². The molecular formula is C37H43IrN2O3-. The molecule has 0 aliphatic rings. The Bertz CT molecular complexity index is 1710. The predicted molar refractivity (Wildman–Crippen MR) is 174 cm³/mol. The average Bonchev–Trinajstić information content (AvgIpc) is 3.39. The number of aliphatic hydroxyl groups is 1. The summed E-state index contributed by atoms with van der Waals surface area (Å²) in [4.78, 5) is 21.6. The van der Waals surface area contributed by atoms with Crippen LogP contribution < -0.4 is 0 Å². The second kappa shape index (κ2) is 15.4. The molecule has 1 N–H and O–H groups in total. The van der Waals surface area contributed by atoms with Crippen molar-refractivity contribution < 1.29 is 34.4 Å². The number of hydrogen-bond acceptors (Lipinski definition) is 5. The number of carbonyl (C=O) groups is 1. The summed E-state index contributed by atoms with van der Waals surface area (Å²) in [6, 6.07) is 21.9. The molecular weight excluding hydrogens is 713 g/mol. The number of allylic oxidation sites excluding steroid dienone is 2. The molecule has 43 heavy (non-hydrogen) atoms. The van der Waals surface area contributed by atoms with E-state index in [1.807, 2.05) is 65.0 Å². The molecule has 5 nitrogen and oxygen atoms in total. The van der Waals surface area contributed by atoms with E-state index in [9.17, 15) is 9.90 Å². The topological polar surface area (TPSA) is 76.2 Å². The van der Waals surface area contributed by atoms with Crippen molar-refractivity contribution >= 4 is 38.4 Å². The molecule has 229 valence electrons. The van der Waals surface area contributed by atoms with E-state index < -0.39 is 0 Å². The van der Waals surface area contributed by atoms with Gasteiger partial charge in [0.15, 0.2) is 5.78 Å². The fraction of sp³-hybridized carbons (Fsp3) is 0.378. The molecule has 0 saturated carbocycles. The third-order valence-electron chi connectivity index (χ3n) is 8.03. The number of pyridine rings is 2. The van der Waals surface area contributed by atoms with Gasteiger partial charge in [0.2, 0.25) is 0 Å². The minimum Gasteiger partial charge on any atom is -0.512 e. The summed E-state index contributed by atoms with van der Waals surface area (Å²) in [5, 5.41) is 14.0. The number of hydrogen-bond donors (Lipinski definition) is 1.